The molecule has 0 radical (unpaired) electrons. The summed E-state index contributed by atoms with van der Waals surface area (Å²) < 4.78 is 23.1. The summed E-state index contributed by atoms with van der Waals surface area (Å²) in [5.74, 6) is -1.46. The van der Waals surface area contributed by atoms with Gasteiger partial charge in [0.1, 0.15) is 11.6 Å². The van der Waals surface area contributed by atoms with E-state index in [2.05, 4.69) is 5.32 Å². The van der Waals surface area contributed by atoms with Crippen LogP contribution in [0, 0.1) is 5.82 Å². The van der Waals surface area contributed by atoms with Crippen molar-refractivity contribution < 1.29 is 23.5 Å². The van der Waals surface area contributed by atoms with E-state index in [-0.39, 0.29) is 5.75 Å². The van der Waals surface area contributed by atoms with Crippen LogP contribution in [0.5, 0.6) is 5.75 Å². The van der Waals surface area contributed by atoms with Crippen LogP contribution in [0.2, 0.25) is 0 Å². The van der Waals surface area contributed by atoms with Gasteiger partial charge in [-0.05, 0) is 23.8 Å². The largest absolute Gasteiger partial charge is 0.482 e. The lowest BCUT2D eigenvalue weighted by Gasteiger charge is -2.12. The van der Waals surface area contributed by atoms with Crippen molar-refractivity contribution in [3.05, 3.63) is 84.7 Å². The molecule has 0 bridgehead atoms. The number of para-hydroxylation sites is 1. The molecule has 6 heteroatoms. The molecule has 0 saturated heterocycles. The summed E-state index contributed by atoms with van der Waals surface area (Å²) in [4.78, 5) is 23.9. The molecule has 28 heavy (non-hydrogen) atoms. The van der Waals surface area contributed by atoms with E-state index >= 15 is 0 Å². The molecule has 3 aromatic carbocycles. The molecule has 0 fully saturated rings. The molecule has 0 aliphatic carbocycles. The third-order valence-electron chi connectivity index (χ3n) is 3.80. The second-order valence-electron chi connectivity index (χ2n) is 5.87. The summed E-state index contributed by atoms with van der Waals surface area (Å²) in [5.41, 5.74) is 2.43. The molecule has 3 rings (SSSR count). The Morgan fingerprint density at radius 2 is 1.61 bits per heavy atom. The van der Waals surface area contributed by atoms with Crippen molar-refractivity contribution in [2.75, 3.05) is 18.5 Å². The Morgan fingerprint density at radius 3 is 2.39 bits per heavy atom. The van der Waals surface area contributed by atoms with Crippen LogP contribution >= 0.6 is 0 Å². The second-order valence-corrected chi connectivity index (χ2v) is 5.87. The van der Waals surface area contributed by atoms with Crippen LogP contribution in [0.4, 0.5) is 10.1 Å². The van der Waals surface area contributed by atoms with Gasteiger partial charge < -0.3 is 14.8 Å². The molecule has 0 heterocycles. The topological polar surface area (TPSA) is 64.6 Å². The summed E-state index contributed by atoms with van der Waals surface area (Å²) in [6, 6.07) is 22.4. The Labute approximate surface area is 161 Å². The molecule has 0 aliphatic rings. The van der Waals surface area contributed by atoms with Gasteiger partial charge in [0.2, 0.25) is 0 Å². The predicted octanol–water partition coefficient (Wildman–Crippen LogP) is 4.05. The lowest BCUT2D eigenvalue weighted by molar-refractivity contribution is -0.149. The molecule has 0 spiro atoms. The molecular formula is C22H18FNO4. The van der Waals surface area contributed by atoms with E-state index in [1.54, 1.807) is 12.1 Å². The Kier molecular flexibility index (Phi) is 6.36. The number of benzene rings is 3. The fraction of sp³-hybridized carbons (Fsp3) is 0.0909. The highest BCUT2D eigenvalue weighted by atomic mass is 19.1. The predicted molar refractivity (Wildman–Crippen MR) is 103 cm³/mol. The number of esters is 1. The number of halogens is 1. The first kappa shape index (κ1) is 19.1. The van der Waals surface area contributed by atoms with Gasteiger partial charge in [0, 0.05) is 17.3 Å². The summed E-state index contributed by atoms with van der Waals surface area (Å²) in [6.07, 6.45) is 0. The number of carbonyl (C=O) groups excluding carboxylic acids is 2. The number of amides is 1. The van der Waals surface area contributed by atoms with Crippen molar-refractivity contribution in [1.29, 1.82) is 0 Å². The molecule has 0 saturated carbocycles. The third-order valence-corrected chi connectivity index (χ3v) is 3.80. The second kappa shape index (κ2) is 9.32. The quantitative estimate of drug-likeness (QED) is 0.629. The Morgan fingerprint density at radius 1 is 0.857 bits per heavy atom. The molecule has 5 nitrogen and oxygen atoms in total. The number of hydrogen-bond donors (Lipinski definition) is 1. The van der Waals surface area contributed by atoms with E-state index in [0.717, 1.165) is 17.2 Å². The van der Waals surface area contributed by atoms with Crippen LogP contribution in [0.25, 0.3) is 11.1 Å². The first-order valence-electron chi connectivity index (χ1n) is 8.60. The number of hydrogen-bond acceptors (Lipinski definition) is 4. The van der Waals surface area contributed by atoms with Gasteiger partial charge in [0.25, 0.3) is 5.91 Å². The smallest absolute Gasteiger partial charge is 0.344 e. The Balaban J connectivity index is 1.52. The van der Waals surface area contributed by atoms with Gasteiger partial charge in [-0.3, -0.25) is 4.79 Å². The van der Waals surface area contributed by atoms with Crippen molar-refractivity contribution in [2.24, 2.45) is 0 Å². The molecule has 0 atom stereocenters. The van der Waals surface area contributed by atoms with Gasteiger partial charge in [-0.25, -0.2) is 9.18 Å². The summed E-state index contributed by atoms with van der Waals surface area (Å²) in [6.45, 7) is -0.869. The van der Waals surface area contributed by atoms with Crippen molar-refractivity contribution >= 4 is 17.6 Å². The number of nitrogens with one attached hydrogen (secondary N) is 1. The van der Waals surface area contributed by atoms with E-state index in [1.165, 1.54) is 18.2 Å². The highest BCUT2D eigenvalue weighted by Crippen LogP contribution is 2.27. The van der Waals surface area contributed by atoms with E-state index in [0.29, 0.717) is 5.69 Å². The SMILES string of the molecule is O=C(COC(=O)COc1cccc(F)c1)Nc1ccccc1-c1ccccc1. The van der Waals surface area contributed by atoms with Gasteiger partial charge in [0.15, 0.2) is 13.2 Å². The summed E-state index contributed by atoms with van der Waals surface area (Å²) in [7, 11) is 0. The number of anilines is 1. The van der Waals surface area contributed by atoms with Gasteiger partial charge in [-0.1, -0.05) is 54.6 Å². The first-order valence-corrected chi connectivity index (χ1v) is 8.60. The number of carbonyl (C=O) groups is 2. The van der Waals surface area contributed by atoms with Crippen LogP contribution < -0.4 is 10.1 Å². The van der Waals surface area contributed by atoms with Crippen molar-refractivity contribution in [2.45, 2.75) is 0 Å². The minimum absolute atomic E-state index is 0.207. The average molecular weight is 379 g/mol. The highest BCUT2D eigenvalue weighted by molar-refractivity contribution is 5.96. The zero-order valence-corrected chi connectivity index (χ0v) is 14.9. The lowest BCUT2D eigenvalue weighted by Crippen LogP contribution is -2.23. The van der Waals surface area contributed by atoms with Crippen molar-refractivity contribution in [1.82, 2.24) is 0 Å². The molecule has 142 valence electrons. The molecular weight excluding hydrogens is 361 g/mol. The monoisotopic (exact) mass is 379 g/mol. The van der Waals surface area contributed by atoms with E-state index in [1.807, 2.05) is 42.5 Å². The van der Waals surface area contributed by atoms with E-state index in [9.17, 15) is 14.0 Å². The number of rotatable bonds is 7. The first-order chi connectivity index (χ1) is 13.6. The lowest BCUT2D eigenvalue weighted by atomic mass is 10.0. The van der Waals surface area contributed by atoms with Crippen LogP contribution in [0.3, 0.4) is 0 Å². The van der Waals surface area contributed by atoms with E-state index < -0.39 is 30.9 Å². The van der Waals surface area contributed by atoms with Crippen LogP contribution in [0.1, 0.15) is 0 Å². The summed E-state index contributed by atoms with van der Waals surface area (Å²) >= 11 is 0. The normalized spacial score (nSPS) is 10.2. The maximum absolute atomic E-state index is 13.1. The maximum Gasteiger partial charge on any atom is 0.344 e. The number of ether oxygens (including phenoxy) is 2. The average Bonchev–Trinajstić information content (AvgIpc) is 2.72. The fourth-order valence-electron chi connectivity index (χ4n) is 2.53. The Hall–Kier alpha value is -3.67. The highest BCUT2D eigenvalue weighted by Gasteiger charge is 2.11. The minimum Gasteiger partial charge on any atom is -0.482 e. The summed E-state index contributed by atoms with van der Waals surface area (Å²) in [5, 5.41) is 2.74. The minimum atomic E-state index is -0.726. The third kappa shape index (κ3) is 5.41. The van der Waals surface area contributed by atoms with Crippen LogP contribution in [0.15, 0.2) is 78.9 Å². The van der Waals surface area contributed by atoms with Gasteiger partial charge in [-0.2, -0.15) is 0 Å². The molecule has 3 aromatic rings. The molecule has 0 aromatic heterocycles. The zero-order chi connectivity index (χ0) is 19.8. The standard InChI is InChI=1S/C22H18FNO4/c23-17-9-6-10-18(13-17)27-15-22(26)28-14-21(25)24-20-12-5-4-11-19(20)16-7-2-1-3-8-16/h1-13H,14-15H2,(H,24,25). The molecule has 0 aliphatic heterocycles. The van der Waals surface area contributed by atoms with E-state index in [4.69, 9.17) is 9.47 Å². The van der Waals surface area contributed by atoms with Crippen molar-refractivity contribution in [3.8, 4) is 16.9 Å². The molecule has 0 unspecified atom stereocenters. The van der Waals surface area contributed by atoms with Crippen molar-refractivity contribution in [3.63, 3.8) is 0 Å². The van der Waals surface area contributed by atoms with Gasteiger partial charge in [0.05, 0.1) is 0 Å². The van der Waals surface area contributed by atoms with Gasteiger partial charge in [-0.15, -0.1) is 0 Å². The van der Waals surface area contributed by atoms with Crippen LogP contribution in [-0.2, 0) is 14.3 Å². The zero-order valence-electron chi connectivity index (χ0n) is 14.9. The van der Waals surface area contributed by atoms with Gasteiger partial charge >= 0.3 is 5.97 Å². The molecule has 1 N–H and O–H groups in total. The fourth-order valence-corrected chi connectivity index (χ4v) is 2.53. The molecule has 1 amide bonds. The van der Waals surface area contributed by atoms with Crippen LogP contribution in [-0.4, -0.2) is 25.1 Å². The Bertz CT molecular complexity index is 960. The maximum atomic E-state index is 13.1.